The van der Waals surface area contributed by atoms with Gasteiger partial charge in [-0.25, -0.2) is 0 Å². The number of piperidine rings is 3. The van der Waals surface area contributed by atoms with Crippen molar-refractivity contribution in [3.63, 3.8) is 0 Å². The highest BCUT2D eigenvalue weighted by atomic mass is 35.5. The van der Waals surface area contributed by atoms with E-state index in [4.69, 9.17) is 11.6 Å². The number of hydrogen-bond donors (Lipinski definition) is 0. The number of carbonyl (C=O) groups is 1. The normalized spacial score (nSPS) is 31.3. The van der Waals surface area contributed by atoms with Gasteiger partial charge in [0.15, 0.2) is 0 Å². The molecule has 4 nitrogen and oxygen atoms in total. The van der Waals surface area contributed by atoms with Crippen LogP contribution < -0.4 is 0 Å². The number of rotatable bonds is 1. The zero-order chi connectivity index (χ0) is 20.4. The number of nitrogens with zero attached hydrogens (tertiary/aromatic N) is 3. The van der Waals surface area contributed by atoms with Gasteiger partial charge in [0.1, 0.15) is 5.69 Å². The van der Waals surface area contributed by atoms with Gasteiger partial charge in [0, 0.05) is 42.1 Å². The molecule has 0 N–H and O–H groups in total. The predicted molar refractivity (Wildman–Crippen MR) is 121 cm³/mol. The average Bonchev–Trinajstić information content (AvgIpc) is 3.09. The van der Waals surface area contributed by atoms with Crippen LogP contribution in [-0.4, -0.2) is 52.0 Å². The summed E-state index contributed by atoms with van der Waals surface area (Å²) < 4.78 is 2.02. The summed E-state index contributed by atoms with van der Waals surface area (Å²) in [5.41, 5.74) is 3.35. The van der Waals surface area contributed by atoms with E-state index in [-0.39, 0.29) is 11.9 Å². The monoisotopic (exact) mass is 423 g/mol. The molecule has 2 aromatic rings. The van der Waals surface area contributed by atoms with Crippen LogP contribution >= 0.6 is 11.6 Å². The van der Waals surface area contributed by atoms with Crippen LogP contribution in [0.2, 0.25) is 5.02 Å². The number of amides is 1. The Kier molecular flexibility index (Phi) is 4.50. The summed E-state index contributed by atoms with van der Waals surface area (Å²) >= 11 is 6.21. The molecule has 1 aromatic carbocycles. The first-order valence-corrected chi connectivity index (χ1v) is 12.0. The minimum Gasteiger partial charge on any atom is -0.340 e. The van der Waals surface area contributed by atoms with E-state index < -0.39 is 0 Å². The molecule has 1 aliphatic carbocycles. The summed E-state index contributed by atoms with van der Waals surface area (Å²) in [5, 5.41) is 1.79. The summed E-state index contributed by atoms with van der Waals surface area (Å²) in [5.74, 6) is 1.46. The zero-order valence-corrected chi connectivity index (χ0v) is 18.4. The quantitative estimate of drug-likeness (QED) is 0.612. The molecule has 158 valence electrons. The first kappa shape index (κ1) is 18.9. The van der Waals surface area contributed by atoms with Crippen molar-refractivity contribution in [3.8, 4) is 0 Å². The smallest absolute Gasteiger partial charge is 0.271 e. The van der Waals surface area contributed by atoms with Crippen LogP contribution in [0.5, 0.6) is 0 Å². The van der Waals surface area contributed by atoms with Crippen LogP contribution in [0.3, 0.4) is 0 Å². The Labute approximate surface area is 183 Å². The largest absolute Gasteiger partial charge is 0.340 e. The molecule has 0 radical (unpaired) electrons. The van der Waals surface area contributed by atoms with E-state index >= 15 is 0 Å². The molecular formula is C25H30ClN3O. The maximum atomic E-state index is 13.8. The molecule has 0 spiro atoms. The van der Waals surface area contributed by atoms with E-state index in [0.29, 0.717) is 16.9 Å². The molecule has 3 fully saturated rings. The third-order valence-electron chi connectivity index (χ3n) is 8.14. The van der Waals surface area contributed by atoms with Gasteiger partial charge in [0.05, 0.1) is 6.04 Å². The molecule has 30 heavy (non-hydrogen) atoms. The fourth-order valence-electron chi connectivity index (χ4n) is 6.86. The Balaban J connectivity index is 1.36. The lowest BCUT2D eigenvalue weighted by atomic mass is 9.68. The van der Waals surface area contributed by atoms with Crippen molar-refractivity contribution in [3.05, 3.63) is 46.6 Å². The molecular weight excluding hydrogens is 394 g/mol. The number of halogens is 1. The van der Waals surface area contributed by atoms with Crippen molar-refractivity contribution < 1.29 is 4.79 Å². The lowest BCUT2D eigenvalue weighted by molar-refractivity contribution is 0.00122. The standard InChI is InChI=1S/C25H30ClN3O/c1-27-22-14-20(26)8-7-16(22)13-23(27)25(30)29-10-4-5-17-11-18-12-19(24(17)29)15-28-9-3-2-6-21(18)28/h7-8,11,13-14,18-19,21,24H,2-6,9-10,12,15H2,1H3/t18-,19-,21?,24?/m0/s1. The van der Waals surface area contributed by atoms with Crippen molar-refractivity contribution in [2.45, 2.75) is 50.6 Å². The number of benzene rings is 1. The first-order chi connectivity index (χ1) is 14.6. The van der Waals surface area contributed by atoms with Crippen molar-refractivity contribution in [1.29, 1.82) is 0 Å². The first-order valence-electron chi connectivity index (χ1n) is 11.6. The van der Waals surface area contributed by atoms with Crippen molar-refractivity contribution in [2.75, 3.05) is 19.6 Å². The van der Waals surface area contributed by atoms with Gasteiger partial charge >= 0.3 is 0 Å². The van der Waals surface area contributed by atoms with Crippen LogP contribution in [0, 0.1) is 11.8 Å². The maximum Gasteiger partial charge on any atom is 0.271 e. The van der Waals surface area contributed by atoms with Gasteiger partial charge in [-0.15, -0.1) is 0 Å². The Morgan fingerprint density at radius 2 is 2.03 bits per heavy atom. The van der Waals surface area contributed by atoms with E-state index in [1.807, 2.05) is 35.9 Å². The van der Waals surface area contributed by atoms with Gasteiger partial charge in [-0.3, -0.25) is 9.69 Å². The summed E-state index contributed by atoms with van der Waals surface area (Å²) in [4.78, 5) is 18.8. The molecule has 3 aliphatic heterocycles. The average molecular weight is 424 g/mol. The molecule has 6 rings (SSSR count). The number of fused-ring (bicyclic) bond motifs is 7. The number of likely N-dealkylation sites (tertiary alicyclic amines) is 1. The lowest BCUT2D eigenvalue weighted by Crippen LogP contribution is -2.60. The minimum absolute atomic E-state index is 0.180. The Hall–Kier alpha value is -1.78. The molecule has 4 heterocycles. The van der Waals surface area contributed by atoms with E-state index in [1.165, 1.54) is 38.6 Å². The van der Waals surface area contributed by atoms with E-state index in [0.717, 1.165) is 42.1 Å². The van der Waals surface area contributed by atoms with Gasteiger partial charge in [0.2, 0.25) is 0 Å². The van der Waals surface area contributed by atoms with Crippen LogP contribution in [0.15, 0.2) is 35.9 Å². The summed E-state index contributed by atoms with van der Waals surface area (Å²) in [6, 6.07) is 8.94. The Morgan fingerprint density at radius 1 is 1.13 bits per heavy atom. The summed E-state index contributed by atoms with van der Waals surface area (Å²) in [7, 11) is 1.99. The molecule has 3 saturated heterocycles. The van der Waals surface area contributed by atoms with Gasteiger partial charge in [-0.1, -0.05) is 35.7 Å². The second kappa shape index (κ2) is 7.13. The van der Waals surface area contributed by atoms with Crippen molar-refractivity contribution in [2.24, 2.45) is 18.9 Å². The number of hydrogen-bond acceptors (Lipinski definition) is 2. The van der Waals surface area contributed by atoms with Gasteiger partial charge < -0.3 is 9.47 Å². The third kappa shape index (κ3) is 2.87. The second-order valence-electron chi connectivity index (χ2n) is 9.80. The highest BCUT2D eigenvalue weighted by Crippen LogP contribution is 2.45. The predicted octanol–water partition coefficient (Wildman–Crippen LogP) is 4.87. The van der Waals surface area contributed by atoms with E-state index in [1.54, 1.807) is 5.57 Å². The fraction of sp³-hybridized carbons (Fsp3) is 0.560. The summed E-state index contributed by atoms with van der Waals surface area (Å²) in [6.45, 7) is 3.27. The van der Waals surface area contributed by atoms with Crippen LogP contribution in [-0.2, 0) is 7.05 Å². The molecule has 4 aliphatic rings. The van der Waals surface area contributed by atoms with Gasteiger partial charge in [-0.05, 0) is 68.7 Å². The van der Waals surface area contributed by atoms with Crippen LogP contribution in [0.1, 0.15) is 49.0 Å². The molecule has 1 amide bonds. The fourth-order valence-corrected chi connectivity index (χ4v) is 7.02. The Morgan fingerprint density at radius 3 is 2.93 bits per heavy atom. The number of aromatic nitrogens is 1. The van der Waals surface area contributed by atoms with Crippen LogP contribution in [0.4, 0.5) is 0 Å². The maximum absolute atomic E-state index is 13.8. The second-order valence-corrected chi connectivity index (χ2v) is 10.2. The SMILES string of the molecule is Cn1c(C(=O)N2CCCC3=C[C@H]4C[C@@H](CN5CCCCC45)C32)cc2ccc(Cl)cc21. The molecule has 2 unspecified atom stereocenters. The number of carbonyl (C=O) groups excluding carboxylic acids is 1. The van der Waals surface area contributed by atoms with Crippen LogP contribution in [0.25, 0.3) is 10.9 Å². The topological polar surface area (TPSA) is 28.5 Å². The summed E-state index contributed by atoms with van der Waals surface area (Å²) in [6.07, 6.45) is 10.2. The minimum atomic E-state index is 0.180. The molecule has 1 aromatic heterocycles. The molecule has 5 heteroatoms. The van der Waals surface area contributed by atoms with Gasteiger partial charge in [0.25, 0.3) is 5.91 Å². The van der Waals surface area contributed by atoms with Crippen molar-refractivity contribution in [1.82, 2.24) is 14.4 Å². The molecule has 4 atom stereocenters. The zero-order valence-electron chi connectivity index (χ0n) is 17.7. The molecule has 0 saturated carbocycles. The van der Waals surface area contributed by atoms with E-state index in [9.17, 15) is 4.79 Å². The third-order valence-corrected chi connectivity index (χ3v) is 8.38. The van der Waals surface area contributed by atoms with Crippen molar-refractivity contribution >= 4 is 28.4 Å². The van der Waals surface area contributed by atoms with Gasteiger partial charge in [-0.2, -0.15) is 0 Å². The Bertz CT molecular complexity index is 1040. The molecule has 2 bridgehead atoms. The highest BCUT2D eigenvalue weighted by Gasteiger charge is 2.47. The highest BCUT2D eigenvalue weighted by molar-refractivity contribution is 6.31. The number of aryl methyl sites for hydroxylation is 1. The van der Waals surface area contributed by atoms with E-state index in [2.05, 4.69) is 15.9 Å². The lowest BCUT2D eigenvalue weighted by Gasteiger charge is -2.54.